The lowest BCUT2D eigenvalue weighted by atomic mass is 9.95. The van der Waals surface area contributed by atoms with Gasteiger partial charge in [0.25, 0.3) is 0 Å². The predicted octanol–water partition coefficient (Wildman–Crippen LogP) is 1.13. The van der Waals surface area contributed by atoms with Crippen LogP contribution in [0.4, 0.5) is 18.9 Å². The van der Waals surface area contributed by atoms with Crippen LogP contribution in [-0.4, -0.2) is 79.6 Å². The maximum absolute atomic E-state index is 13.4. The number of alkyl halides is 3. The number of hydrogen-bond donors (Lipinski definition) is 3. The van der Waals surface area contributed by atoms with Crippen LogP contribution in [0.15, 0.2) is 24.3 Å². The second-order valence-electron chi connectivity index (χ2n) is 10.1. The number of carbonyl (C=O) groups is 5. The van der Waals surface area contributed by atoms with Gasteiger partial charge in [0.1, 0.15) is 18.4 Å². The fourth-order valence-corrected chi connectivity index (χ4v) is 5.04. The molecule has 39 heavy (non-hydrogen) atoms. The Kier molecular flexibility index (Phi) is 8.14. The van der Waals surface area contributed by atoms with Crippen molar-refractivity contribution in [1.29, 1.82) is 0 Å². The molecule has 0 aromatic heterocycles. The number of Topliss-reactive ketones (excluding diaryl/α,β-unsaturated/α-hetero) is 1. The smallest absolute Gasteiger partial charge is 0.495 e. The van der Waals surface area contributed by atoms with E-state index in [1.54, 1.807) is 24.3 Å². The first-order chi connectivity index (χ1) is 18.4. The zero-order chi connectivity index (χ0) is 28.4. The molecule has 2 saturated heterocycles. The highest BCUT2D eigenvalue weighted by atomic mass is 19.4. The molecule has 1 unspecified atom stereocenters. The third kappa shape index (κ3) is 6.85. The number of ketones is 1. The highest BCUT2D eigenvalue weighted by Gasteiger charge is 2.56. The summed E-state index contributed by atoms with van der Waals surface area (Å²) in [6.07, 6.45) is -3.23. The minimum atomic E-state index is -5.06. The summed E-state index contributed by atoms with van der Waals surface area (Å²) in [6.45, 7) is -0.864. The van der Waals surface area contributed by atoms with Gasteiger partial charge in [0.15, 0.2) is 5.78 Å². The Balaban J connectivity index is 1.48. The summed E-state index contributed by atoms with van der Waals surface area (Å²) in [5, 5.41) is 7.50. The van der Waals surface area contributed by atoms with Gasteiger partial charge in [-0.1, -0.05) is 12.1 Å². The van der Waals surface area contributed by atoms with Crippen molar-refractivity contribution in [3.05, 3.63) is 24.3 Å². The van der Waals surface area contributed by atoms with Gasteiger partial charge >= 0.3 is 18.2 Å². The van der Waals surface area contributed by atoms with Crippen LogP contribution in [0.2, 0.25) is 0 Å². The fourth-order valence-electron chi connectivity index (χ4n) is 5.04. The first-order valence-electron chi connectivity index (χ1n) is 12.5. The highest BCUT2D eigenvalue weighted by molar-refractivity contribution is 6.40. The summed E-state index contributed by atoms with van der Waals surface area (Å²) >= 11 is 0. The molecule has 3 N–H and O–H groups in total. The molecule has 3 atom stereocenters. The molecule has 4 amide bonds. The molecular formula is C25H29F3N4O7. The molecule has 4 rings (SSSR count). The molecule has 3 fully saturated rings. The highest BCUT2D eigenvalue weighted by Crippen LogP contribution is 2.54. The Morgan fingerprint density at radius 3 is 2.54 bits per heavy atom. The van der Waals surface area contributed by atoms with Gasteiger partial charge in [0.2, 0.25) is 11.8 Å². The Morgan fingerprint density at radius 1 is 1.21 bits per heavy atom. The molecule has 2 aliphatic heterocycles. The first-order valence-corrected chi connectivity index (χ1v) is 12.5. The number of nitrogens with one attached hydrogen (secondary N) is 3. The van der Waals surface area contributed by atoms with Crippen molar-refractivity contribution in [2.75, 3.05) is 32.1 Å². The predicted molar refractivity (Wildman–Crippen MR) is 128 cm³/mol. The molecule has 3 aliphatic rings. The molecule has 11 nitrogen and oxygen atoms in total. The molecule has 2 heterocycles. The van der Waals surface area contributed by atoms with E-state index in [2.05, 4.69) is 20.7 Å². The Hall–Kier alpha value is -3.68. The number of ether oxygens (including phenoxy) is 2. The molecule has 0 radical (unpaired) electrons. The lowest BCUT2D eigenvalue weighted by Gasteiger charge is -2.26. The molecule has 1 aromatic rings. The van der Waals surface area contributed by atoms with Gasteiger partial charge in [-0.3, -0.25) is 28.7 Å². The quantitative estimate of drug-likeness (QED) is 0.389. The standard InChI is InChI=1S/C25H29F3N4O7/c1-38-19-5-3-2-4-15(19)30-22(36)23(37)32-13-24(7-8-24)11-17(32)21(35)31-16(10-14-6-9-29-20(14)34)18(33)12-39-25(26,27)28/h2-5,14,16-17H,6-13H2,1H3,(H,29,34)(H,30,36)(H,31,35)/t14-,16?,17-/m0/s1. The van der Waals surface area contributed by atoms with Gasteiger partial charge in [-0.25, -0.2) is 0 Å². The van der Waals surface area contributed by atoms with Crippen molar-refractivity contribution in [2.24, 2.45) is 11.3 Å². The fraction of sp³-hybridized carbons (Fsp3) is 0.560. The van der Waals surface area contributed by atoms with Crippen LogP contribution in [-0.2, 0) is 28.7 Å². The van der Waals surface area contributed by atoms with Crippen molar-refractivity contribution in [3.63, 3.8) is 0 Å². The molecular weight excluding hydrogens is 525 g/mol. The van der Waals surface area contributed by atoms with E-state index in [-0.39, 0.29) is 36.4 Å². The summed E-state index contributed by atoms with van der Waals surface area (Å²) < 4.78 is 46.5. The number of carbonyl (C=O) groups excluding carboxylic acids is 5. The molecule has 14 heteroatoms. The van der Waals surface area contributed by atoms with Gasteiger partial charge < -0.3 is 25.6 Å². The van der Waals surface area contributed by atoms with Gasteiger partial charge in [0, 0.05) is 19.0 Å². The SMILES string of the molecule is COc1ccccc1NC(=O)C(=O)N1CC2(CC2)C[C@H]1C(=O)NC(C[C@@H]1CCNC1=O)C(=O)COC(F)(F)F. The maximum atomic E-state index is 13.4. The van der Waals surface area contributed by atoms with Crippen LogP contribution in [0.25, 0.3) is 0 Å². The Labute approximate surface area is 221 Å². The van der Waals surface area contributed by atoms with E-state index in [9.17, 15) is 37.1 Å². The zero-order valence-corrected chi connectivity index (χ0v) is 21.1. The Morgan fingerprint density at radius 2 is 1.92 bits per heavy atom. The van der Waals surface area contributed by atoms with E-state index in [0.717, 1.165) is 17.7 Å². The van der Waals surface area contributed by atoms with Crippen molar-refractivity contribution >= 4 is 35.1 Å². The second-order valence-corrected chi connectivity index (χ2v) is 10.1. The minimum Gasteiger partial charge on any atom is -0.495 e. The number of methoxy groups -OCH3 is 1. The monoisotopic (exact) mass is 554 g/mol. The van der Waals surface area contributed by atoms with Crippen molar-refractivity contribution in [3.8, 4) is 5.75 Å². The van der Waals surface area contributed by atoms with Crippen LogP contribution in [0.1, 0.15) is 32.1 Å². The first kappa shape index (κ1) is 28.3. The normalized spacial score (nSPS) is 22.3. The van der Waals surface area contributed by atoms with Crippen LogP contribution >= 0.6 is 0 Å². The summed E-state index contributed by atoms with van der Waals surface area (Å²) in [6, 6.07) is 3.87. The number of rotatable bonds is 9. The number of para-hydroxylation sites is 2. The largest absolute Gasteiger partial charge is 0.522 e. The lowest BCUT2D eigenvalue weighted by Crippen LogP contribution is -2.53. The van der Waals surface area contributed by atoms with Gasteiger partial charge in [0.05, 0.1) is 18.8 Å². The number of benzene rings is 1. The van der Waals surface area contributed by atoms with Gasteiger partial charge in [-0.05, 0) is 49.7 Å². The lowest BCUT2D eigenvalue weighted by molar-refractivity contribution is -0.321. The van der Waals surface area contributed by atoms with Crippen molar-refractivity contribution in [1.82, 2.24) is 15.5 Å². The van der Waals surface area contributed by atoms with E-state index < -0.39 is 54.5 Å². The summed E-state index contributed by atoms with van der Waals surface area (Å²) in [5.41, 5.74) is -0.0862. The van der Waals surface area contributed by atoms with Crippen molar-refractivity contribution in [2.45, 2.75) is 50.6 Å². The average Bonchev–Trinajstić information content (AvgIpc) is 3.35. The number of nitrogens with zero attached hydrogens (tertiary/aromatic N) is 1. The van der Waals surface area contributed by atoms with E-state index in [1.807, 2.05) is 0 Å². The maximum Gasteiger partial charge on any atom is 0.522 e. The number of halogens is 3. The van der Waals surface area contributed by atoms with Crippen molar-refractivity contribution < 1.29 is 46.6 Å². The molecule has 1 saturated carbocycles. The number of likely N-dealkylation sites (tertiary alicyclic amines) is 1. The number of amides is 4. The van der Waals surface area contributed by atoms with Gasteiger partial charge in [-0.15, -0.1) is 13.2 Å². The average molecular weight is 555 g/mol. The van der Waals surface area contributed by atoms with Crippen LogP contribution in [0.3, 0.4) is 0 Å². The molecule has 0 bridgehead atoms. The zero-order valence-electron chi connectivity index (χ0n) is 21.1. The molecule has 1 aromatic carbocycles. The molecule has 1 spiro atoms. The molecule has 1 aliphatic carbocycles. The Bertz CT molecular complexity index is 1150. The van der Waals surface area contributed by atoms with Crippen LogP contribution in [0, 0.1) is 11.3 Å². The third-order valence-corrected chi connectivity index (χ3v) is 7.34. The van der Waals surface area contributed by atoms with Crippen LogP contribution < -0.4 is 20.7 Å². The summed E-state index contributed by atoms with van der Waals surface area (Å²) in [4.78, 5) is 65.2. The molecule has 212 valence electrons. The van der Waals surface area contributed by atoms with E-state index in [4.69, 9.17) is 4.74 Å². The minimum absolute atomic E-state index is 0.143. The third-order valence-electron chi connectivity index (χ3n) is 7.34. The van der Waals surface area contributed by atoms with Crippen LogP contribution in [0.5, 0.6) is 5.75 Å². The van der Waals surface area contributed by atoms with Gasteiger partial charge in [-0.2, -0.15) is 0 Å². The topological polar surface area (TPSA) is 143 Å². The number of hydrogen-bond acceptors (Lipinski definition) is 7. The van der Waals surface area contributed by atoms with E-state index in [1.165, 1.54) is 7.11 Å². The summed E-state index contributed by atoms with van der Waals surface area (Å²) in [5.74, 6) is -4.56. The van der Waals surface area contributed by atoms with E-state index >= 15 is 0 Å². The summed E-state index contributed by atoms with van der Waals surface area (Å²) in [7, 11) is 1.40. The second kappa shape index (κ2) is 11.2. The number of anilines is 1. The van der Waals surface area contributed by atoms with E-state index in [0.29, 0.717) is 18.7 Å².